The molecule has 5 N–H and O–H groups in total. The Hall–Kier alpha value is -0.120. The second kappa shape index (κ2) is 5.65. The van der Waals surface area contributed by atoms with Gasteiger partial charge in [0, 0.05) is 12.6 Å². The highest BCUT2D eigenvalue weighted by molar-refractivity contribution is 4.63. The molecule has 0 saturated carbocycles. The monoisotopic (exact) mass is 146 g/mol. The average molecular weight is 146 g/mol. The van der Waals surface area contributed by atoms with E-state index in [0.717, 1.165) is 19.3 Å². The van der Waals surface area contributed by atoms with E-state index in [-0.39, 0.29) is 12.1 Å². The van der Waals surface area contributed by atoms with Gasteiger partial charge in [0.2, 0.25) is 0 Å². The van der Waals surface area contributed by atoms with Crippen LogP contribution in [0.2, 0.25) is 0 Å². The second-order valence-electron chi connectivity index (χ2n) is 2.64. The van der Waals surface area contributed by atoms with Gasteiger partial charge >= 0.3 is 0 Å². The van der Waals surface area contributed by atoms with Gasteiger partial charge in [0.15, 0.2) is 0 Å². The molecule has 0 aromatic carbocycles. The Morgan fingerprint density at radius 1 is 1.40 bits per heavy atom. The maximum Gasteiger partial charge on any atom is 0.0663 e. The third-order valence-corrected chi connectivity index (χ3v) is 1.67. The molecule has 0 amide bonds. The topological polar surface area (TPSA) is 72.3 Å². The quantitative estimate of drug-likeness (QED) is 0.504. The van der Waals surface area contributed by atoms with Crippen LogP contribution in [0.1, 0.15) is 26.2 Å². The van der Waals surface area contributed by atoms with E-state index in [4.69, 9.17) is 16.6 Å². The smallest absolute Gasteiger partial charge is 0.0663 e. The van der Waals surface area contributed by atoms with Crippen molar-refractivity contribution in [3.63, 3.8) is 0 Å². The molecule has 0 aromatic heterocycles. The molecule has 0 radical (unpaired) electrons. The molecule has 0 bridgehead atoms. The molecule has 2 atom stereocenters. The van der Waals surface area contributed by atoms with Crippen LogP contribution in [0.25, 0.3) is 0 Å². The number of nitrogens with two attached hydrogens (primary N) is 2. The van der Waals surface area contributed by atoms with E-state index in [9.17, 15) is 0 Å². The van der Waals surface area contributed by atoms with Crippen molar-refractivity contribution in [1.29, 1.82) is 0 Å². The largest absolute Gasteiger partial charge is 0.392 e. The Bertz CT molecular complexity index is 68.0. The van der Waals surface area contributed by atoms with Crippen molar-refractivity contribution < 1.29 is 5.11 Å². The maximum atomic E-state index is 9.02. The van der Waals surface area contributed by atoms with Crippen molar-refractivity contribution in [3.8, 4) is 0 Å². The summed E-state index contributed by atoms with van der Waals surface area (Å²) >= 11 is 0. The van der Waals surface area contributed by atoms with E-state index in [1.165, 1.54) is 0 Å². The van der Waals surface area contributed by atoms with Crippen molar-refractivity contribution in [2.24, 2.45) is 11.5 Å². The van der Waals surface area contributed by atoms with Gasteiger partial charge in [0.05, 0.1) is 6.10 Å². The van der Waals surface area contributed by atoms with Crippen LogP contribution >= 0.6 is 0 Å². The molecule has 0 unspecified atom stereocenters. The minimum absolute atomic E-state index is 0.223. The van der Waals surface area contributed by atoms with Gasteiger partial charge in [-0.2, -0.15) is 0 Å². The highest BCUT2D eigenvalue weighted by Gasteiger charge is 2.03. The molecule has 3 nitrogen and oxygen atoms in total. The maximum absolute atomic E-state index is 9.02. The standard InChI is InChI=1S/C7H18N2O/c1-2-6(9)3-4-7(10)5-8/h6-7,10H,2-5,8-9H2,1H3/t6-,7+/m1/s1. The molecule has 0 aliphatic carbocycles. The van der Waals surface area contributed by atoms with Crippen LogP contribution in [-0.4, -0.2) is 23.8 Å². The molecular weight excluding hydrogens is 128 g/mol. The van der Waals surface area contributed by atoms with Gasteiger partial charge in [-0.3, -0.25) is 0 Å². The number of rotatable bonds is 5. The molecule has 0 rings (SSSR count). The van der Waals surface area contributed by atoms with Gasteiger partial charge in [-0.15, -0.1) is 0 Å². The summed E-state index contributed by atoms with van der Waals surface area (Å²) in [6.45, 7) is 2.38. The van der Waals surface area contributed by atoms with Gasteiger partial charge in [0.1, 0.15) is 0 Å². The third-order valence-electron chi connectivity index (χ3n) is 1.67. The van der Waals surface area contributed by atoms with Crippen LogP contribution in [0.5, 0.6) is 0 Å². The Morgan fingerprint density at radius 2 is 2.00 bits per heavy atom. The fourth-order valence-electron chi connectivity index (χ4n) is 0.728. The van der Waals surface area contributed by atoms with E-state index < -0.39 is 0 Å². The molecular formula is C7H18N2O. The summed E-state index contributed by atoms with van der Waals surface area (Å²) in [7, 11) is 0. The van der Waals surface area contributed by atoms with Gasteiger partial charge in [-0.05, 0) is 19.3 Å². The summed E-state index contributed by atoms with van der Waals surface area (Å²) < 4.78 is 0. The van der Waals surface area contributed by atoms with Gasteiger partial charge in [-0.1, -0.05) is 6.92 Å². The fraction of sp³-hybridized carbons (Fsp3) is 1.00. The first kappa shape index (κ1) is 9.88. The van der Waals surface area contributed by atoms with Crippen LogP contribution in [-0.2, 0) is 0 Å². The van der Waals surface area contributed by atoms with Crippen molar-refractivity contribution in [2.45, 2.75) is 38.3 Å². The average Bonchev–Trinajstić information content (AvgIpc) is 1.99. The van der Waals surface area contributed by atoms with Crippen LogP contribution in [0.4, 0.5) is 0 Å². The first-order valence-electron chi connectivity index (χ1n) is 3.84. The summed E-state index contributed by atoms with van der Waals surface area (Å²) in [5.41, 5.74) is 10.8. The van der Waals surface area contributed by atoms with E-state index in [1.54, 1.807) is 0 Å². The zero-order valence-corrected chi connectivity index (χ0v) is 6.59. The molecule has 3 heteroatoms. The second-order valence-corrected chi connectivity index (χ2v) is 2.64. The lowest BCUT2D eigenvalue weighted by Gasteiger charge is -2.10. The van der Waals surface area contributed by atoms with Crippen molar-refractivity contribution in [1.82, 2.24) is 0 Å². The van der Waals surface area contributed by atoms with Gasteiger partial charge in [0.25, 0.3) is 0 Å². The zero-order chi connectivity index (χ0) is 7.98. The van der Waals surface area contributed by atoms with Crippen LogP contribution in [0.3, 0.4) is 0 Å². The molecule has 0 aliphatic rings. The predicted molar refractivity (Wildman–Crippen MR) is 42.6 cm³/mol. The first-order valence-corrected chi connectivity index (χ1v) is 3.84. The minimum atomic E-state index is -0.363. The fourth-order valence-corrected chi connectivity index (χ4v) is 0.728. The summed E-state index contributed by atoms with van der Waals surface area (Å²) in [5, 5.41) is 9.02. The summed E-state index contributed by atoms with van der Waals surface area (Å²) in [4.78, 5) is 0. The zero-order valence-electron chi connectivity index (χ0n) is 6.59. The molecule has 0 spiro atoms. The highest BCUT2D eigenvalue weighted by Crippen LogP contribution is 2.00. The van der Waals surface area contributed by atoms with E-state index in [0.29, 0.717) is 6.54 Å². The first-order chi connectivity index (χ1) is 4.70. The summed E-state index contributed by atoms with van der Waals surface area (Å²) in [6.07, 6.45) is 2.20. The number of hydrogen-bond donors (Lipinski definition) is 3. The van der Waals surface area contributed by atoms with Crippen molar-refractivity contribution in [3.05, 3.63) is 0 Å². The molecule has 0 fully saturated rings. The molecule has 62 valence electrons. The third kappa shape index (κ3) is 4.73. The molecule has 0 heterocycles. The lowest BCUT2D eigenvalue weighted by molar-refractivity contribution is 0.166. The van der Waals surface area contributed by atoms with Crippen molar-refractivity contribution >= 4 is 0 Å². The molecule has 0 saturated heterocycles. The Kier molecular flexibility index (Phi) is 5.58. The lowest BCUT2D eigenvalue weighted by Crippen LogP contribution is -2.25. The minimum Gasteiger partial charge on any atom is -0.392 e. The van der Waals surface area contributed by atoms with E-state index >= 15 is 0 Å². The molecule has 0 aliphatic heterocycles. The van der Waals surface area contributed by atoms with Gasteiger partial charge < -0.3 is 16.6 Å². The Balaban J connectivity index is 3.17. The van der Waals surface area contributed by atoms with Crippen LogP contribution in [0.15, 0.2) is 0 Å². The Morgan fingerprint density at radius 3 is 2.40 bits per heavy atom. The number of aliphatic hydroxyl groups excluding tert-OH is 1. The van der Waals surface area contributed by atoms with Crippen LogP contribution < -0.4 is 11.5 Å². The lowest BCUT2D eigenvalue weighted by atomic mass is 10.1. The number of hydrogen-bond acceptors (Lipinski definition) is 3. The predicted octanol–water partition coefficient (Wildman–Crippen LogP) is -0.176. The summed E-state index contributed by atoms with van der Waals surface area (Å²) in [6, 6.07) is 0.223. The van der Waals surface area contributed by atoms with E-state index in [2.05, 4.69) is 0 Å². The van der Waals surface area contributed by atoms with Crippen LogP contribution in [0, 0.1) is 0 Å². The van der Waals surface area contributed by atoms with E-state index in [1.807, 2.05) is 6.92 Å². The molecule has 10 heavy (non-hydrogen) atoms. The Labute approximate surface area is 62.4 Å². The van der Waals surface area contributed by atoms with Gasteiger partial charge in [-0.25, -0.2) is 0 Å². The number of aliphatic hydroxyl groups is 1. The molecule has 0 aromatic rings. The van der Waals surface area contributed by atoms with Crippen molar-refractivity contribution in [2.75, 3.05) is 6.54 Å². The SMILES string of the molecule is CC[C@@H](N)CC[C@H](O)CN. The highest BCUT2D eigenvalue weighted by atomic mass is 16.3. The summed E-state index contributed by atoms with van der Waals surface area (Å²) in [5.74, 6) is 0. The normalized spacial score (nSPS) is 16.8.